The Labute approximate surface area is 114 Å². The minimum Gasteiger partial charge on any atom is -0.443 e. The third-order valence-electron chi connectivity index (χ3n) is 2.87. The largest absolute Gasteiger partial charge is 0.443 e. The molecular weight excluding hydrogens is 238 g/mol. The summed E-state index contributed by atoms with van der Waals surface area (Å²) in [6, 6.07) is 9.98. The average molecular weight is 259 g/mol. The van der Waals surface area contributed by atoms with E-state index >= 15 is 0 Å². The molecule has 0 amide bonds. The van der Waals surface area contributed by atoms with Gasteiger partial charge in [0.15, 0.2) is 0 Å². The van der Waals surface area contributed by atoms with E-state index in [-0.39, 0.29) is 6.09 Å². The zero-order valence-corrected chi connectivity index (χ0v) is 12.1. The molecule has 3 nitrogen and oxygen atoms in total. The Morgan fingerprint density at radius 3 is 2.58 bits per heavy atom. The summed E-state index contributed by atoms with van der Waals surface area (Å²) in [5.74, 6) is 0. The van der Waals surface area contributed by atoms with Crippen molar-refractivity contribution in [1.29, 1.82) is 0 Å². The first-order valence-corrected chi connectivity index (χ1v) is 6.75. The van der Waals surface area contributed by atoms with Crippen LogP contribution >= 0.6 is 0 Å². The predicted molar refractivity (Wildman–Crippen MR) is 77.6 cm³/mol. The molecule has 0 saturated carbocycles. The van der Waals surface area contributed by atoms with Crippen molar-refractivity contribution in [3.63, 3.8) is 0 Å². The first-order chi connectivity index (χ1) is 8.92. The number of aryl methyl sites for hydroxylation is 1. The van der Waals surface area contributed by atoms with Crippen molar-refractivity contribution in [3.05, 3.63) is 36.0 Å². The summed E-state index contributed by atoms with van der Waals surface area (Å²) in [5, 5.41) is 1.08. The van der Waals surface area contributed by atoms with E-state index in [2.05, 4.69) is 13.0 Å². The molecule has 0 aliphatic heterocycles. The lowest BCUT2D eigenvalue weighted by molar-refractivity contribution is 0.0540. The summed E-state index contributed by atoms with van der Waals surface area (Å²) in [6.45, 7) is 7.76. The molecule has 1 heterocycles. The highest BCUT2D eigenvalue weighted by Crippen LogP contribution is 2.22. The van der Waals surface area contributed by atoms with Gasteiger partial charge in [0.05, 0.1) is 5.52 Å². The molecular formula is C16H21NO2. The van der Waals surface area contributed by atoms with Crippen molar-refractivity contribution in [1.82, 2.24) is 4.57 Å². The maximum Gasteiger partial charge on any atom is 0.419 e. The molecule has 0 unspecified atom stereocenters. The topological polar surface area (TPSA) is 31.2 Å². The highest BCUT2D eigenvalue weighted by Gasteiger charge is 2.21. The normalized spacial score (nSPS) is 11.8. The second-order valence-electron chi connectivity index (χ2n) is 5.76. The van der Waals surface area contributed by atoms with Crippen LogP contribution in [0.4, 0.5) is 4.79 Å². The molecule has 19 heavy (non-hydrogen) atoms. The van der Waals surface area contributed by atoms with Crippen LogP contribution in [0.5, 0.6) is 0 Å². The van der Waals surface area contributed by atoms with Crippen LogP contribution < -0.4 is 0 Å². The van der Waals surface area contributed by atoms with Gasteiger partial charge in [-0.05, 0) is 39.3 Å². The highest BCUT2D eigenvalue weighted by molar-refractivity contribution is 5.91. The SMILES string of the molecule is CCCc1cc2ccccc2n1C(=O)OC(C)(C)C. The van der Waals surface area contributed by atoms with Crippen molar-refractivity contribution >= 4 is 17.0 Å². The Bertz CT molecular complexity index is 590. The van der Waals surface area contributed by atoms with Crippen molar-refractivity contribution in [2.75, 3.05) is 0 Å². The molecule has 2 rings (SSSR count). The molecule has 0 spiro atoms. The lowest BCUT2D eigenvalue weighted by atomic mass is 10.2. The fourth-order valence-electron chi connectivity index (χ4n) is 2.18. The minimum atomic E-state index is -0.480. The van der Waals surface area contributed by atoms with E-state index < -0.39 is 5.60 Å². The zero-order valence-electron chi connectivity index (χ0n) is 12.1. The molecule has 0 aliphatic carbocycles. The van der Waals surface area contributed by atoms with Crippen molar-refractivity contribution in [3.8, 4) is 0 Å². The van der Waals surface area contributed by atoms with Crippen LogP contribution in [0, 0.1) is 0 Å². The number of hydrogen-bond acceptors (Lipinski definition) is 2. The van der Waals surface area contributed by atoms with E-state index in [0.717, 1.165) is 29.4 Å². The third kappa shape index (κ3) is 2.98. The zero-order chi connectivity index (χ0) is 14.0. The number of carbonyl (C=O) groups excluding carboxylic acids is 1. The van der Waals surface area contributed by atoms with Gasteiger partial charge < -0.3 is 4.74 Å². The summed E-state index contributed by atoms with van der Waals surface area (Å²) < 4.78 is 7.20. The molecule has 1 aromatic carbocycles. The fraction of sp³-hybridized carbons (Fsp3) is 0.438. The predicted octanol–water partition coefficient (Wildman–Crippen LogP) is 4.38. The van der Waals surface area contributed by atoms with Crippen LogP contribution in [-0.4, -0.2) is 16.3 Å². The maximum absolute atomic E-state index is 12.4. The molecule has 0 fully saturated rings. The van der Waals surface area contributed by atoms with Gasteiger partial charge in [-0.15, -0.1) is 0 Å². The maximum atomic E-state index is 12.4. The molecule has 0 bridgehead atoms. The van der Waals surface area contributed by atoms with E-state index in [1.54, 1.807) is 4.57 Å². The van der Waals surface area contributed by atoms with Crippen molar-refractivity contribution in [2.24, 2.45) is 0 Å². The van der Waals surface area contributed by atoms with E-state index in [1.165, 1.54) is 0 Å². The van der Waals surface area contributed by atoms with Crippen LogP contribution in [0.15, 0.2) is 30.3 Å². The van der Waals surface area contributed by atoms with Crippen LogP contribution in [0.3, 0.4) is 0 Å². The second kappa shape index (κ2) is 5.08. The number of ether oxygens (including phenoxy) is 1. The van der Waals surface area contributed by atoms with Gasteiger partial charge in [0.1, 0.15) is 5.60 Å². The minimum absolute atomic E-state index is 0.294. The fourth-order valence-corrected chi connectivity index (χ4v) is 2.18. The quantitative estimate of drug-likeness (QED) is 0.801. The summed E-state index contributed by atoms with van der Waals surface area (Å²) >= 11 is 0. The van der Waals surface area contributed by atoms with Gasteiger partial charge in [0.2, 0.25) is 0 Å². The van der Waals surface area contributed by atoms with Gasteiger partial charge in [-0.2, -0.15) is 0 Å². The number of nitrogens with zero attached hydrogens (tertiary/aromatic N) is 1. The van der Waals surface area contributed by atoms with Crippen molar-refractivity contribution in [2.45, 2.75) is 46.1 Å². The van der Waals surface area contributed by atoms with E-state index in [1.807, 2.05) is 45.0 Å². The van der Waals surface area contributed by atoms with E-state index in [9.17, 15) is 4.79 Å². The number of hydrogen-bond donors (Lipinski definition) is 0. The van der Waals surface area contributed by atoms with Gasteiger partial charge in [-0.25, -0.2) is 9.36 Å². The molecule has 0 N–H and O–H groups in total. The monoisotopic (exact) mass is 259 g/mol. The Morgan fingerprint density at radius 1 is 1.26 bits per heavy atom. The second-order valence-corrected chi connectivity index (χ2v) is 5.76. The Hall–Kier alpha value is -1.77. The van der Waals surface area contributed by atoms with Gasteiger partial charge in [0.25, 0.3) is 0 Å². The van der Waals surface area contributed by atoms with Crippen LogP contribution in [0.2, 0.25) is 0 Å². The van der Waals surface area contributed by atoms with Gasteiger partial charge in [0, 0.05) is 11.1 Å². The summed E-state index contributed by atoms with van der Waals surface area (Å²) in [4.78, 5) is 12.4. The number of aromatic nitrogens is 1. The van der Waals surface area contributed by atoms with E-state index in [0.29, 0.717) is 0 Å². The average Bonchev–Trinajstić information content (AvgIpc) is 2.65. The molecule has 1 aromatic heterocycles. The van der Waals surface area contributed by atoms with E-state index in [4.69, 9.17) is 4.74 Å². The molecule has 0 aliphatic rings. The number of carbonyl (C=O) groups is 1. The molecule has 3 heteroatoms. The van der Waals surface area contributed by atoms with Gasteiger partial charge in [-0.3, -0.25) is 0 Å². The number of para-hydroxylation sites is 1. The summed E-state index contributed by atoms with van der Waals surface area (Å²) in [6.07, 6.45) is 1.57. The summed E-state index contributed by atoms with van der Waals surface area (Å²) in [7, 11) is 0. The van der Waals surface area contributed by atoms with Crippen molar-refractivity contribution < 1.29 is 9.53 Å². The van der Waals surface area contributed by atoms with Crippen LogP contribution in [0.1, 0.15) is 39.8 Å². The Morgan fingerprint density at radius 2 is 1.95 bits per heavy atom. The molecule has 102 valence electrons. The molecule has 0 saturated heterocycles. The number of rotatable bonds is 2. The third-order valence-corrected chi connectivity index (χ3v) is 2.87. The smallest absolute Gasteiger partial charge is 0.419 e. The standard InChI is InChI=1S/C16H21NO2/c1-5-8-13-11-12-9-6-7-10-14(12)17(13)15(18)19-16(2,3)4/h6-7,9-11H,5,8H2,1-4H3. The van der Waals surface area contributed by atoms with Crippen LogP contribution in [-0.2, 0) is 11.2 Å². The lowest BCUT2D eigenvalue weighted by Gasteiger charge is -2.21. The summed E-state index contributed by atoms with van der Waals surface area (Å²) in [5.41, 5.74) is 1.45. The number of fused-ring (bicyclic) bond motifs is 1. The first kappa shape index (κ1) is 13.7. The first-order valence-electron chi connectivity index (χ1n) is 6.75. The molecule has 0 atom stereocenters. The molecule has 0 radical (unpaired) electrons. The lowest BCUT2D eigenvalue weighted by Crippen LogP contribution is -2.28. The Kier molecular flexibility index (Phi) is 3.65. The number of benzene rings is 1. The van der Waals surface area contributed by atoms with Gasteiger partial charge in [-0.1, -0.05) is 31.5 Å². The van der Waals surface area contributed by atoms with Gasteiger partial charge >= 0.3 is 6.09 Å². The highest BCUT2D eigenvalue weighted by atomic mass is 16.6. The Balaban J connectivity index is 2.50. The molecule has 2 aromatic rings. The van der Waals surface area contributed by atoms with Crippen LogP contribution in [0.25, 0.3) is 10.9 Å².